The van der Waals surface area contributed by atoms with Gasteiger partial charge in [0.25, 0.3) is 0 Å². The first kappa shape index (κ1) is 14.9. The van der Waals surface area contributed by atoms with Crippen molar-refractivity contribution >= 4 is 11.9 Å². The van der Waals surface area contributed by atoms with Crippen molar-refractivity contribution in [1.29, 1.82) is 0 Å². The van der Waals surface area contributed by atoms with Crippen LogP contribution in [0, 0.1) is 5.92 Å². The lowest BCUT2D eigenvalue weighted by molar-refractivity contribution is -0.142. The largest absolute Gasteiger partial charge is 0.480 e. The summed E-state index contributed by atoms with van der Waals surface area (Å²) in [4.78, 5) is 22.6. The molecule has 4 nitrogen and oxygen atoms in total. The number of carbonyl (C=O) groups excluding carboxylic acids is 1. The molecule has 0 aromatic carbocycles. The molecule has 0 saturated carbocycles. The number of amides is 1. The summed E-state index contributed by atoms with van der Waals surface area (Å²) in [6, 6.07) is -0.729. The molecule has 0 bridgehead atoms. The summed E-state index contributed by atoms with van der Waals surface area (Å²) in [6.45, 7) is 5.88. The number of hydrogen-bond donors (Lipinski definition) is 2. The molecule has 0 rings (SSSR count). The number of aliphatic carboxylic acids is 1. The summed E-state index contributed by atoms with van der Waals surface area (Å²) >= 11 is 0. The molecule has 0 aliphatic rings. The summed E-state index contributed by atoms with van der Waals surface area (Å²) in [6.07, 6.45) is 3.77. The van der Waals surface area contributed by atoms with E-state index in [9.17, 15) is 9.59 Å². The van der Waals surface area contributed by atoms with E-state index in [1.54, 1.807) is 0 Å². The van der Waals surface area contributed by atoms with E-state index in [-0.39, 0.29) is 11.8 Å². The van der Waals surface area contributed by atoms with Crippen LogP contribution >= 0.6 is 0 Å². The second kappa shape index (κ2) is 8.13. The van der Waals surface area contributed by atoms with Crippen molar-refractivity contribution in [1.82, 2.24) is 5.32 Å². The summed E-state index contributed by atoms with van der Waals surface area (Å²) in [7, 11) is 0. The van der Waals surface area contributed by atoms with E-state index in [0.29, 0.717) is 6.42 Å². The fourth-order valence-corrected chi connectivity index (χ4v) is 1.61. The van der Waals surface area contributed by atoms with Gasteiger partial charge in [0, 0.05) is 5.92 Å². The molecule has 1 atom stereocenters. The maximum atomic E-state index is 11.7. The minimum absolute atomic E-state index is 0.0662. The van der Waals surface area contributed by atoms with Crippen molar-refractivity contribution in [3.63, 3.8) is 0 Å². The Morgan fingerprint density at radius 2 is 1.75 bits per heavy atom. The number of hydrogen-bond acceptors (Lipinski definition) is 2. The van der Waals surface area contributed by atoms with E-state index in [4.69, 9.17) is 5.11 Å². The molecule has 0 radical (unpaired) electrons. The molecule has 16 heavy (non-hydrogen) atoms. The number of carboxylic acids is 1. The van der Waals surface area contributed by atoms with Crippen LogP contribution in [0.25, 0.3) is 0 Å². The molecule has 94 valence electrons. The standard InChI is InChI=1S/C12H23NO3/c1-4-7-8-10(12(15)16)13-11(14)9(5-2)6-3/h9-10H,4-8H2,1-3H3,(H,13,14)(H,15,16)/t10-/m0/s1. The van der Waals surface area contributed by atoms with Gasteiger partial charge in [-0.05, 0) is 19.3 Å². The summed E-state index contributed by atoms with van der Waals surface area (Å²) in [5, 5.41) is 11.6. The van der Waals surface area contributed by atoms with Gasteiger partial charge in [-0.15, -0.1) is 0 Å². The molecule has 0 heterocycles. The lowest BCUT2D eigenvalue weighted by Crippen LogP contribution is -2.43. The van der Waals surface area contributed by atoms with Gasteiger partial charge >= 0.3 is 5.97 Å². The predicted molar refractivity (Wildman–Crippen MR) is 63.2 cm³/mol. The van der Waals surface area contributed by atoms with Crippen molar-refractivity contribution in [3.8, 4) is 0 Å². The third kappa shape index (κ3) is 5.14. The van der Waals surface area contributed by atoms with Crippen LogP contribution in [0.3, 0.4) is 0 Å². The van der Waals surface area contributed by atoms with Crippen LogP contribution < -0.4 is 5.32 Å². The predicted octanol–water partition coefficient (Wildman–Crippen LogP) is 2.18. The van der Waals surface area contributed by atoms with Gasteiger partial charge in [0.05, 0.1) is 0 Å². The van der Waals surface area contributed by atoms with Crippen molar-refractivity contribution < 1.29 is 14.7 Å². The highest BCUT2D eigenvalue weighted by Crippen LogP contribution is 2.09. The first-order valence-electron chi connectivity index (χ1n) is 6.09. The Balaban J connectivity index is 4.27. The topological polar surface area (TPSA) is 66.4 Å². The number of carboxylic acid groups (broad SMARTS) is 1. The molecule has 0 aromatic rings. The Bertz CT molecular complexity index is 224. The maximum absolute atomic E-state index is 11.7. The Labute approximate surface area is 97.4 Å². The SMILES string of the molecule is CCCC[C@H](NC(=O)C(CC)CC)C(=O)O. The van der Waals surface area contributed by atoms with E-state index in [2.05, 4.69) is 5.32 Å². The minimum Gasteiger partial charge on any atom is -0.480 e. The molecule has 1 amide bonds. The van der Waals surface area contributed by atoms with Crippen LogP contribution in [0.5, 0.6) is 0 Å². The smallest absolute Gasteiger partial charge is 0.326 e. The van der Waals surface area contributed by atoms with E-state index >= 15 is 0 Å². The van der Waals surface area contributed by atoms with Crippen LogP contribution in [0.2, 0.25) is 0 Å². The van der Waals surface area contributed by atoms with Gasteiger partial charge in [-0.25, -0.2) is 4.79 Å². The third-order valence-electron chi connectivity index (χ3n) is 2.82. The van der Waals surface area contributed by atoms with Gasteiger partial charge in [0.15, 0.2) is 0 Å². The van der Waals surface area contributed by atoms with Crippen LogP contribution in [0.4, 0.5) is 0 Å². The number of nitrogens with one attached hydrogen (secondary N) is 1. The zero-order chi connectivity index (χ0) is 12.6. The highest BCUT2D eigenvalue weighted by Gasteiger charge is 2.22. The minimum atomic E-state index is -0.937. The van der Waals surface area contributed by atoms with Crippen molar-refractivity contribution in [2.75, 3.05) is 0 Å². The molecule has 4 heteroatoms. The fraction of sp³-hybridized carbons (Fsp3) is 0.833. The first-order chi connectivity index (χ1) is 7.56. The second-order valence-electron chi connectivity index (χ2n) is 4.06. The monoisotopic (exact) mass is 229 g/mol. The fourth-order valence-electron chi connectivity index (χ4n) is 1.61. The Morgan fingerprint density at radius 3 is 2.12 bits per heavy atom. The molecule has 0 fully saturated rings. The Kier molecular flexibility index (Phi) is 7.60. The number of unbranched alkanes of at least 4 members (excludes halogenated alkanes) is 1. The maximum Gasteiger partial charge on any atom is 0.326 e. The summed E-state index contributed by atoms with van der Waals surface area (Å²) in [5.74, 6) is -1.13. The average Bonchev–Trinajstić information content (AvgIpc) is 2.25. The van der Waals surface area contributed by atoms with E-state index < -0.39 is 12.0 Å². The first-order valence-corrected chi connectivity index (χ1v) is 6.09. The lowest BCUT2D eigenvalue weighted by Gasteiger charge is -2.18. The molecule has 0 aromatic heterocycles. The molecule has 0 spiro atoms. The lowest BCUT2D eigenvalue weighted by atomic mass is 10.0. The molecular formula is C12H23NO3. The highest BCUT2D eigenvalue weighted by molar-refractivity contribution is 5.84. The second-order valence-corrected chi connectivity index (χ2v) is 4.06. The quantitative estimate of drug-likeness (QED) is 0.670. The van der Waals surface area contributed by atoms with Gasteiger partial charge < -0.3 is 10.4 Å². The van der Waals surface area contributed by atoms with Gasteiger partial charge in [-0.1, -0.05) is 33.6 Å². The van der Waals surface area contributed by atoms with Gasteiger partial charge in [0.2, 0.25) is 5.91 Å². The van der Waals surface area contributed by atoms with E-state index in [1.807, 2.05) is 20.8 Å². The zero-order valence-corrected chi connectivity index (χ0v) is 10.5. The van der Waals surface area contributed by atoms with Crippen molar-refractivity contribution in [2.24, 2.45) is 5.92 Å². The zero-order valence-electron chi connectivity index (χ0n) is 10.5. The Hall–Kier alpha value is -1.06. The molecule has 0 aliphatic carbocycles. The van der Waals surface area contributed by atoms with Crippen LogP contribution in [0.15, 0.2) is 0 Å². The molecule has 2 N–H and O–H groups in total. The average molecular weight is 229 g/mol. The van der Waals surface area contributed by atoms with E-state index in [1.165, 1.54) is 0 Å². The Morgan fingerprint density at radius 1 is 1.19 bits per heavy atom. The van der Waals surface area contributed by atoms with Crippen LogP contribution in [-0.2, 0) is 9.59 Å². The van der Waals surface area contributed by atoms with Crippen LogP contribution in [-0.4, -0.2) is 23.0 Å². The van der Waals surface area contributed by atoms with Gasteiger partial charge in [-0.3, -0.25) is 4.79 Å². The molecular weight excluding hydrogens is 206 g/mol. The van der Waals surface area contributed by atoms with Crippen molar-refractivity contribution in [3.05, 3.63) is 0 Å². The molecule has 0 saturated heterocycles. The third-order valence-corrected chi connectivity index (χ3v) is 2.82. The van der Waals surface area contributed by atoms with E-state index in [0.717, 1.165) is 25.7 Å². The molecule has 0 unspecified atom stereocenters. The number of carbonyl (C=O) groups is 2. The summed E-state index contributed by atoms with van der Waals surface area (Å²) in [5.41, 5.74) is 0. The molecule has 0 aliphatic heterocycles. The van der Waals surface area contributed by atoms with Gasteiger partial charge in [-0.2, -0.15) is 0 Å². The van der Waals surface area contributed by atoms with Gasteiger partial charge in [0.1, 0.15) is 6.04 Å². The normalized spacial score (nSPS) is 12.5. The highest BCUT2D eigenvalue weighted by atomic mass is 16.4. The van der Waals surface area contributed by atoms with Crippen LogP contribution in [0.1, 0.15) is 52.9 Å². The number of rotatable bonds is 8. The van der Waals surface area contributed by atoms with Crippen molar-refractivity contribution in [2.45, 2.75) is 58.9 Å². The summed E-state index contributed by atoms with van der Waals surface area (Å²) < 4.78 is 0.